The molecule has 0 aliphatic heterocycles. The third-order valence-electron chi connectivity index (χ3n) is 3.50. The number of nitrogens with one attached hydrogen (secondary N) is 1. The van der Waals surface area contributed by atoms with Crippen molar-refractivity contribution in [2.75, 3.05) is 5.32 Å². The van der Waals surface area contributed by atoms with E-state index in [9.17, 15) is 4.79 Å². The molecular formula is C20H16ClNO2. The summed E-state index contributed by atoms with van der Waals surface area (Å²) >= 11 is 5.86. The molecule has 0 aromatic heterocycles. The highest BCUT2D eigenvalue weighted by Gasteiger charge is 2.11. The van der Waals surface area contributed by atoms with Crippen molar-refractivity contribution in [1.29, 1.82) is 0 Å². The van der Waals surface area contributed by atoms with E-state index in [4.69, 9.17) is 16.3 Å². The van der Waals surface area contributed by atoms with Crippen LogP contribution in [-0.2, 0) is 6.61 Å². The van der Waals surface area contributed by atoms with Crippen LogP contribution >= 0.6 is 11.6 Å². The minimum absolute atomic E-state index is 0.176. The molecule has 0 fully saturated rings. The van der Waals surface area contributed by atoms with Crippen molar-refractivity contribution in [2.24, 2.45) is 0 Å². The van der Waals surface area contributed by atoms with E-state index in [1.807, 2.05) is 48.5 Å². The summed E-state index contributed by atoms with van der Waals surface area (Å²) in [5.74, 6) is 0.593. The normalized spacial score (nSPS) is 10.2. The van der Waals surface area contributed by atoms with Gasteiger partial charge in [0.1, 0.15) is 12.4 Å². The zero-order chi connectivity index (χ0) is 16.8. The van der Waals surface area contributed by atoms with E-state index in [2.05, 4.69) is 5.32 Å². The quantitative estimate of drug-likeness (QED) is 0.697. The molecule has 24 heavy (non-hydrogen) atoms. The molecule has 0 unspecified atom stereocenters. The molecule has 0 spiro atoms. The average Bonchev–Trinajstić information content (AvgIpc) is 2.63. The summed E-state index contributed by atoms with van der Waals surface area (Å²) < 4.78 is 5.75. The third-order valence-corrected chi connectivity index (χ3v) is 3.75. The summed E-state index contributed by atoms with van der Waals surface area (Å²) in [4.78, 5) is 12.5. The molecular weight excluding hydrogens is 322 g/mol. The molecule has 0 saturated heterocycles. The Morgan fingerprint density at radius 2 is 1.54 bits per heavy atom. The smallest absolute Gasteiger partial charge is 0.256 e. The first-order valence-electron chi connectivity index (χ1n) is 7.55. The van der Waals surface area contributed by atoms with Crippen LogP contribution in [-0.4, -0.2) is 5.91 Å². The van der Waals surface area contributed by atoms with Crippen LogP contribution in [0, 0.1) is 0 Å². The molecule has 0 saturated carbocycles. The van der Waals surface area contributed by atoms with Crippen LogP contribution in [0.15, 0.2) is 78.9 Å². The molecule has 0 atom stereocenters. The Hall–Kier alpha value is -2.78. The number of halogens is 1. The van der Waals surface area contributed by atoms with E-state index in [1.165, 1.54) is 0 Å². The Morgan fingerprint density at radius 3 is 2.29 bits per heavy atom. The van der Waals surface area contributed by atoms with Crippen LogP contribution in [0.1, 0.15) is 15.9 Å². The van der Waals surface area contributed by atoms with Crippen molar-refractivity contribution >= 4 is 23.2 Å². The average molecular weight is 338 g/mol. The van der Waals surface area contributed by atoms with Crippen LogP contribution in [0.3, 0.4) is 0 Å². The van der Waals surface area contributed by atoms with Crippen molar-refractivity contribution in [3.8, 4) is 5.75 Å². The maximum atomic E-state index is 12.5. The largest absolute Gasteiger partial charge is 0.489 e. The lowest BCUT2D eigenvalue weighted by atomic mass is 10.1. The first kappa shape index (κ1) is 16.1. The fourth-order valence-corrected chi connectivity index (χ4v) is 2.40. The molecule has 3 nitrogen and oxygen atoms in total. The second-order valence-corrected chi connectivity index (χ2v) is 5.66. The predicted molar refractivity (Wildman–Crippen MR) is 96.6 cm³/mol. The first-order valence-corrected chi connectivity index (χ1v) is 7.93. The Bertz CT molecular complexity index is 817. The first-order chi connectivity index (χ1) is 11.7. The molecule has 4 heteroatoms. The number of rotatable bonds is 5. The lowest BCUT2D eigenvalue weighted by molar-refractivity contribution is 0.102. The summed E-state index contributed by atoms with van der Waals surface area (Å²) in [7, 11) is 0. The van der Waals surface area contributed by atoms with Gasteiger partial charge in [0.05, 0.1) is 0 Å². The number of ether oxygens (including phenoxy) is 1. The number of carbonyl (C=O) groups excluding carboxylic acids is 1. The van der Waals surface area contributed by atoms with Crippen molar-refractivity contribution in [2.45, 2.75) is 6.61 Å². The zero-order valence-corrected chi connectivity index (χ0v) is 13.7. The van der Waals surface area contributed by atoms with Gasteiger partial charge in [0.15, 0.2) is 0 Å². The molecule has 1 amide bonds. The fourth-order valence-electron chi connectivity index (χ4n) is 2.28. The van der Waals surface area contributed by atoms with Crippen LogP contribution in [0.2, 0.25) is 5.02 Å². The molecule has 0 bridgehead atoms. The maximum absolute atomic E-state index is 12.5. The van der Waals surface area contributed by atoms with Crippen LogP contribution < -0.4 is 10.1 Å². The zero-order valence-electron chi connectivity index (χ0n) is 12.9. The van der Waals surface area contributed by atoms with Gasteiger partial charge in [-0.25, -0.2) is 0 Å². The molecule has 3 rings (SSSR count). The van der Waals surface area contributed by atoms with Gasteiger partial charge in [-0.05, 0) is 42.5 Å². The monoisotopic (exact) mass is 337 g/mol. The number of carbonyl (C=O) groups is 1. The molecule has 1 N–H and O–H groups in total. The van der Waals surface area contributed by atoms with E-state index in [-0.39, 0.29) is 5.91 Å². The highest BCUT2D eigenvalue weighted by Crippen LogP contribution is 2.18. The van der Waals surface area contributed by atoms with E-state index in [0.717, 1.165) is 11.3 Å². The van der Waals surface area contributed by atoms with Gasteiger partial charge in [0.25, 0.3) is 5.91 Å². The topological polar surface area (TPSA) is 38.3 Å². The molecule has 0 radical (unpaired) electrons. The summed E-state index contributed by atoms with van der Waals surface area (Å²) in [5.41, 5.74) is 2.11. The van der Waals surface area contributed by atoms with E-state index in [1.54, 1.807) is 30.3 Å². The standard InChI is InChI=1S/C20H16ClNO2/c21-16-10-12-17(13-11-16)22-20(23)19-9-5-4-6-15(19)14-24-18-7-2-1-3-8-18/h1-13H,14H2,(H,22,23). The Balaban J connectivity index is 1.73. The van der Waals surface area contributed by atoms with Crippen LogP contribution in [0.4, 0.5) is 5.69 Å². The minimum atomic E-state index is -0.176. The second-order valence-electron chi connectivity index (χ2n) is 5.22. The van der Waals surface area contributed by atoms with E-state index >= 15 is 0 Å². The van der Waals surface area contributed by atoms with Crippen molar-refractivity contribution < 1.29 is 9.53 Å². The SMILES string of the molecule is O=C(Nc1ccc(Cl)cc1)c1ccccc1COc1ccccc1. The lowest BCUT2D eigenvalue weighted by Gasteiger charge is -2.11. The van der Waals surface area contributed by atoms with Crippen molar-refractivity contribution in [1.82, 2.24) is 0 Å². The lowest BCUT2D eigenvalue weighted by Crippen LogP contribution is -2.15. The van der Waals surface area contributed by atoms with Crippen molar-refractivity contribution in [3.63, 3.8) is 0 Å². The van der Waals surface area contributed by atoms with Crippen LogP contribution in [0.25, 0.3) is 0 Å². The predicted octanol–water partition coefficient (Wildman–Crippen LogP) is 5.17. The highest BCUT2D eigenvalue weighted by atomic mass is 35.5. The van der Waals surface area contributed by atoms with Gasteiger partial charge in [-0.1, -0.05) is 48.0 Å². The van der Waals surface area contributed by atoms with Gasteiger partial charge in [0.2, 0.25) is 0 Å². The van der Waals surface area contributed by atoms with Gasteiger partial charge in [0, 0.05) is 21.8 Å². The van der Waals surface area contributed by atoms with Gasteiger partial charge in [-0.2, -0.15) is 0 Å². The number of benzene rings is 3. The summed E-state index contributed by atoms with van der Waals surface area (Å²) in [6, 6.07) is 23.9. The molecule has 0 heterocycles. The molecule has 3 aromatic rings. The number of hydrogen-bond acceptors (Lipinski definition) is 2. The van der Waals surface area contributed by atoms with Crippen LogP contribution in [0.5, 0.6) is 5.75 Å². The maximum Gasteiger partial charge on any atom is 0.256 e. The fraction of sp³-hybridized carbons (Fsp3) is 0.0500. The number of para-hydroxylation sites is 1. The molecule has 0 aliphatic carbocycles. The number of hydrogen-bond donors (Lipinski definition) is 1. The van der Waals surface area contributed by atoms with Gasteiger partial charge >= 0.3 is 0 Å². The summed E-state index contributed by atoms with van der Waals surface area (Å²) in [5, 5.41) is 3.50. The Kier molecular flexibility index (Phi) is 5.14. The van der Waals surface area contributed by atoms with E-state index < -0.39 is 0 Å². The molecule has 0 aliphatic rings. The Labute approximate surface area is 145 Å². The molecule has 3 aromatic carbocycles. The van der Waals surface area contributed by atoms with Gasteiger partial charge < -0.3 is 10.1 Å². The Morgan fingerprint density at radius 1 is 0.875 bits per heavy atom. The third kappa shape index (κ3) is 4.15. The minimum Gasteiger partial charge on any atom is -0.489 e. The van der Waals surface area contributed by atoms with E-state index in [0.29, 0.717) is 22.9 Å². The summed E-state index contributed by atoms with van der Waals surface area (Å²) in [6.07, 6.45) is 0. The molecule has 120 valence electrons. The second kappa shape index (κ2) is 7.66. The summed E-state index contributed by atoms with van der Waals surface area (Å²) in [6.45, 7) is 0.328. The van der Waals surface area contributed by atoms with Gasteiger partial charge in [-0.15, -0.1) is 0 Å². The van der Waals surface area contributed by atoms with Gasteiger partial charge in [-0.3, -0.25) is 4.79 Å². The van der Waals surface area contributed by atoms with Crippen molar-refractivity contribution in [3.05, 3.63) is 95.0 Å². The number of amides is 1. The number of anilines is 1. The highest BCUT2D eigenvalue weighted by molar-refractivity contribution is 6.30.